The summed E-state index contributed by atoms with van der Waals surface area (Å²) < 4.78 is 18.7. The lowest BCUT2D eigenvalue weighted by molar-refractivity contribution is -0.136. The first-order valence-electron chi connectivity index (χ1n) is 8.31. The third kappa shape index (κ3) is 6.27. The fraction of sp³-hybridized carbons (Fsp3) is 0.611. The molecule has 0 saturated carbocycles. The molecule has 8 heteroatoms. The molecule has 2 rings (SSSR count). The van der Waals surface area contributed by atoms with E-state index in [0.29, 0.717) is 19.6 Å². The maximum Gasteiger partial charge on any atom is 0.240 e. The highest BCUT2D eigenvalue weighted by Gasteiger charge is 2.32. The number of piperazine rings is 1. The van der Waals surface area contributed by atoms with Gasteiger partial charge in [-0.25, -0.2) is 4.39 Å². The third-order valence-corrected chi connectivity index (χ3v) is 4.51. The van der Waals surface area contributed by atoms with Crippen LogP contribution in [0.4, 0.5) is 4.39 Å². The Balaban J connectivity index is 0.00000312. The number of carbonyl (C=O) groups is 1. The van der Waals surface area contributed by atoms with Crippen LogP contribution in [0.15, 0.2) is 18.2 Å². The summed E-state index contributed by atoms with van der Waals surface area (Å²) in [5, 5.41) is 0. The average molecular weight is 410 g/mol. The molecule has 1 aromatic rings. The molecule has 1 aliphatic rings. The van der Waals surface area contributed by atoms with Crippen molar-refractivity contribution in [1.82, 2.24) is 9.80 Å². The van der Waals surface area contributed by atoms with E-state index in [1.807, 2.05) is 31.7 Å². The summed E-state index contributed by atoms with van der Waals surface area (Å²) in [5.74, 6) is -0.0806. The highest BCUT2D eigenvalue weighted by molar-refractivity contribution is 5.85. The first-order valence-corrected chi connectivity index (χ1v) is 8.31. The predicted octanol–water partition coefficient (Wildman–Crippen LogP) is 2.70. The minimum Gasteiger partial charge on any atom is -0.494 e. The lowest BCUT2D eigenvalue weighted by Crippen LogP contribution is -2.56. The fourth-order valence-electron chi connectivity index (χ4n) is 2.76. The molecule has 1 atom stereocenters. The van der Waals surface area contributed by atoms with Gasteiger partial charge in [-0.15, -0.1) is 24.8 Å². The van der Waals surface area contributed by atoms with Gasteiger partial charge in [0.1, 0.15) is 0 Å². The molecule has 0 aliphatic carbocycles. The molecule has 150 valence electrons. The number of methoxy groups -OCH3 is 1. The number of benzene rings is 1. The number of ether oxygens (including phenoxy) is 1. The summed E-state index contributed by atoms with van der Waals surface area (Å²) in [6.07, 6.45) is 0. The summed E-state index contributed by atoms with van der Waals surface area (Å²) in [7, 11) is 1.45. The van der Waals surface area contributed by atoms with E-state index in [-0.39, 0.29) is 47.7 Å². The van der Waals surface area contributed by atoms with Crippen LogP contribution in [0, 0.1) is 11.2 Å². The van der Waals surface area contributed by atoms with Crippen LogP contribution >= 0.6 is 24.8 Å². The molecule has 5 nitrogen and oxygen atoms in total. The molecule has 1 aliphatic heterocycles. The first-order chi connectivity index (χ1) is 11.2. The van der Waals surface area contributed by atoms with Gasteiger partial charge in [0.15, 0.2) is 11.6 Å². The van der Waals surface area contributed by atoms with Gasteiger partial charge in [0, 0.05) is 32.7 Å². The Morgan fingerprint density at radius 2 is 1.81 bits per heavy atom. The van der Waals surface area contributed by atoms with E-state index in [1.165, 1.54) is 13.2 Å². The first kappa shape index (κ1) is 24.9. The second kappa shape index (κ2) is 10.3. The van der Waals surface area contributed by atoms with Gasteiger partial charge in [-0.3, -0.25) is 9.69 Å². The molecule has 1 aromatic carbocycles. The third-order valence-electron chi connectivity index (χ3n) is 4.51. The van der Waals surface area contributed by atoms with E-state index in [4.69, 9.17) is 10.5 Å². The van der Waals surface area contributed by atoms with Crippen LogP contribution in [0.2, 0.25) is 0 Å². The number of hydrogen-bond donors (Lipinski definition) is 1. The van der Waals surface area contributed by atoms with Gasteiger partial charge in [-0.2, -0.15) is 0 Å². The van der Waals surface area contributed by atoms with E-state index >= 15 is 0 Å². The van der Waals surface area contributed by atoms with Gasteiger partial charge < -0.3 is 15.4 Å². The lowest BCUT2D eigenvalue weighted by atomic mass is 9.86. The Kier molecular flexibility index (Phi) is 9.88. The molecule has 2 N–H and O–H groups in total. The largest absolute Gasteiger partial charge is 0.494 e. The SMILES string of the molecule is COc1ccc(CN2CCN(C(=O)[C@@H](N)C(C)(C)C)CC2)cc1F.Cl.Cl. The van der Waals surface area contributed by atoms with Gasteiger partial charge in [0.25, 0.3) is 0 Å². The second-order valence-electron chi connectivity index (χ2n) is 7.41. The van der Waals surface area contributed by atoms with Crippen molar-refractivity contribution in [3.8, 4) is 5.75 Å². The average Bonchev–Trinajstić information content (AvgIpc) is 2.53. The van der Waals surface area contributed by atoms with Crippen LogP contribution in [0.3, 0.4) is 0 Å². The van der Waals surface area contributed by atoms with Gasteiger partial charge in [-0.1, -0.05) is 26.8 Å². The summed E-state index contributed by atoms with van der Waals surface area (Å²) in [5.41, 5.74) is 6.73. The minimum absolute atomic E-state index is 0. The van der Waals surface area contributed by atoms with Crippen LogP contribution in [-0.4, -0.2) is 55.0 Å². The summed E-state index contributed by atoms with van der Waals surface area (Å²) in [6.45, 7) is 9.42. The molecule has 0 unspecified atom stereocenters. The molecule has 1 amide bonds. The normalized spacial score (nSPS) is 16.3. The van der Waals surface area contributed by atoms with Crippen LogP contribution < -0.4 is 10.5 Å². The fourth-order valence-corrected chi connectivity index (χ4v) is 2.76. The number of carbonyl (C=O) groups excluding carboxylic acids is 1. The van der Waals surface area contributed by atoms with Gasteiger partial charge in [0.05, 0.1) is 13.2 Å². The van der Waals surface area contributed by atoms with Gasteiger partial charge in [-0.05, 0) is 23.1 Å². The smallest absolute Gasteiger partial charge is 0.240 e. The Hall–Kier alpha value is -1.08. The highest BCUT2D eigenvalue weighted by atomic mass is 35.5. The zero-order valence-electron chi connectivity index (χ0n) is 15.8. The number of nitrogens with zero attached hydrogens (tertiary/aromatic N) is 2. The topological polar surface area (TPSA) is 58.8 Å². The Bertz CT molecular complexity index is 588. The van der Waals surface area contributed by atoms with Crippen LogP contribution in [0.1, 0.15) is 26.3 Å². The Labute approximate surface area is 167 Å². The summed E-state index contributed by atoms with van der Waals surface area (Å²) >= 11 is 0. The van der Waals surface area contributed by atoms with Crippen LogP contribution in [-0.2, 0) is 11.3 Å². The van der Waals surface area contributed by atoms with Crippen molar-refractivity contribution in [2.24, 2.45) is 11.1 Å². The van der Waals surface area contributed by atoms with Crippen molar-refractivity contribution >= 4 is 30.7 Å². The van der Waals surface area contributed by atoms with E-state index in [1.54, 1.807) is 6.07 Å². The number of amides is 1. The molecule has 26 heavy (non-hydrogen) atoms. The summed E-state index contributed by atoms with van der Waals surface area (Å²) in [4.78, 5) is 16.5. The van der Waals surface area contributed by atoms with Crippen molar-refractivity contribution < 1.29 is 13.9 Å². The molecule has 1 fully saturated rings. The molecule has 1 heterocycles. The quantitative estimate of drug-likeness (QED) is 0.830. The molecule has 1 saturated heterocycles. The van der Waals surface area contributed by atoms with Crippen molar-refractivity contribution in [1.29, 1.82) is 0 Å². The van der Waals surface area contributed by atoms with Crippen molar-refractivity contribution in [2.45, 2.75) is 33.4 Å². The standard InChI is InChI=1S/C18H28FN3O2.2ClH/c1-18(2,3)16(20)17(23)22-9-7-21(8-10-22)12-13-5-6-15(24-4)14(19)11-13;;/h5-6,11,16H,7-10,12,20H2,1-4H3;2*1H/t16-;;/m1../s1. The highest BCUT2D eigenvalue weighted by Crippen LogP contribution is 2.21. The van der Waals surface area contributed by atoms with E-state index in [2.05, 4.69) is 4.90 Å². The zero-order valence-corrected chi connectivity index (χ0v) is 17.5. The Morgan fingerprint density at radius 3 is 2.27 bits per heavy atom. The molecule has 0 radical (unpaired) electrons. The second-order valence-corrected chi connectivity index (χ2v) is 7.41. The van der Waals surface area contributed by atoms with Gasteiger partial charge >= 0.3 is 0 Å². The van der Waals surface area contributed by atoms with Crippen LogP contribution in [0.25, 0.3) is 0 Å². The monoisotopic (exact) mass is 409 g/mol. The number of rotatable bonds is 4. The van der Waals surface area contributed by atoms with Crippen molar-refractivity contribution in [2.75, 3.05) is 33.3 Å². The van der Waals surface area contributed by atoms with E-state index in [0.717, 1.165) is 18.7 Å². The number of hydrogen-bond acceptors (Lipinski definition) is 4. The van der Waals surface area contributed by atoms with Crippen LogP contribution in [0.5, 0.6) is 5.75 Å². The molecule has 0 spiro atoms. The number of nitrogens with two attached hydrogens (primary N) is 1. The summed E-state index contributed by atoms with van der Waals surface area (Å²) in [6, 6.07) is 4.54. The zero-order chi connectivity index (χ0) is 17.9. The molecule has 0 bridgehead atoms. The molecular weight excluding hydrogens is 380 g/mol. The van der Waals surface area contributed by atoms with E-state index < -0.39 is 6.04 Å². The maximum absolute atomic E-state index is 13.8. The minimum atomic E-state index is -0.486. The lowest BCUT2D eigenvalue weighted by Gasteiger charge is -2.38. The van der Waals surface area contributed by atoms with Crippen molar-refractivity contribution in [3.63, 3.8) is 0 Å². The maximum atomic E-state index is 13.8. The molecular formula is C18H30Cl2FN3O2. The van der Waals surface area contributed by atoms with E-state index in [9.17, 15) is 9.18 Å². The van der Waals surface area contributed by atoms with Gasteiger partial charge in [0.2, 0.25) is 5.91 Å². The molecule has 0 aromatic heterocycles. The van der Waals surface area contributed by atoms with Crippen molar-refractivity contribution in [3.05, 3.63) is 29.6 Å². The predicted molar refractivity (Wildman–Crippen MR) is 107 cm³/mol. The Morgan fingerprint density at radius 1 is 1.23 bits per heavy atom. The number of halogens is 3.